The van der Waals surface area contributed by atoms with Gasteiger partial charge >= 0.3 is 0 Å². The summed E-state index contributed by atoms with van der Waals surface area (Å²) in [5.74, 6) is -0.569. The van der Waals surface area contributed by atoms with Crippen molar-refractivity contribution in [2.45, 2.75) is 19.8 Å². The van der Waals surface area contributed by atoms with E-state index in [4.69, 9.17) is 4.74 Å². The van der Waals surface area contributed by atoms with Crippen molar-refractivity contribution in [1.82, 2.24) is 9.21 Å². The first-order valence-electron chi connectivity index (χ1n) is 10.8. The van der Waals surface area contributed by atoms with Crippen LogP contribution in [0.15, 0.2) is 24.3 Å². The molecule has 3 rings (SSSR count). The zero-order valence-corrected chi connectivity index (χ0v) is 19.1. The van der Waals surface area contributed by atoms with Gasteiger partial charge in [0.2, 0.25) is 21.8 Å². The SMILES string of the molecule is CCS(=O)(=O)N1CCC(C(=O)N(C)CC(=O)Nc2ccc(N3CCOCC3)cc2)CC1. The minimum atomic E-state index is -3.22. The molecular weight excluding hydrogens is 420 g/mol. The Hall–Kier alpha value is -2.17. The topological polar surface area (TPSA) is 99.3 Å². The van der Waals surface area contributed by atoms with E-state index >= 15 is 0 Å². The standard InChI is InChI=1S/C21H32N4O5S/c1-3-31(28,29)25-10-8-17(9-11-25)21(27)23(2)16-20(26)22-18-4-6-19(7-5-18)24-12-14-30-15-13-24/h4-7,17H,3,8-16H2,1-2H3,(H,22,26). The number of sulfonamides is 1. The largest absolute Gasteiger partial charge is 0.378 e. The van der Waals surface area contributed by atoms with Crippen molar-refractivity contribution in [1.29, 1.82) is 0 Å². The first-order chi connectivity index (χ1) is 14.8. The number of rotatable bonds is 7. The molecule has 0 saturated carbocycles. The van der Waals surface area contributed by atoms with E-state index in [2.05, 4.69) is 10.2 Å². The molecule has 0 radical (unpaired) electrons. The van der Waals surface area contributed by atoms with Crippen LogP contribution in [-0.4, -0.2) is 88.2 Å². The molecular formula is C21H32N4O5S. The highest BCUT2D eigenvalue weighted by Crippen LogP contribution is 2.22. The fraction of sp³-hybridized carbons (Fsp3) is 0.619. The van der Waals surface area contributed by atoms with Gasteiger partial charge < -0.3 is 19.9 Å². The maximum Gasteiger partial charge on any atom is 0.243 e. The molecule has 1 aromatic rings. The quantitative estimate of drug-likeness (QED) is 0.662. The van der Waals surface area contributed by atoms with Gasteiger partial charge in [-0.05, 0) is 44.0 Å². The molecule has 1 N–H and O–H groups in total. The minimum Gasteiger partial charge on any atom is -0.378 e. The molecule has 2 saturated heterocycles. The predicted octanol–water partition coefficient (Wildman–Crippen LogP) is 0.982. The molecule has 1 aromatic carbocycles. The first-order valence-corrected chi connectivity index (χ1v) is 12.4. The van der Waals surface area contributed by atoms with Gasteiger partial charge in [-0.1, -0.05) is 0 Å². The Balaban J connectivity index is 1.46. The first kappa shape index (κ1) is 23.5. The van der Waals surface area contributed by atoms with Crippen LogP contribution in [-0.2, 0) is 24.3 Å². The summed E-state index contributed by atoms with van der Waals surface area (Å²) >= 11 is 0. The van der Waals surface area contributed by atoms with Gasteiger partial charge in [0, 0.05) is 50.5 Å². The van der Waals surface area contributed by atoms with E-state index in [1.807, 2.05) is 24.3 Å². The molecule has 2 aliphatic rings. The van der Waals surface area contributed by atoms with Gasteiger partial charge in [-0.15, -0.1) is 0 Å². The summed E-state index contributed by atoms with van der Waals surface area (Å²) in [5, 5.41) is 2.83. The van der Waals surface area contributed by atoms with Crippen LogP contribution in [0.2, 0.25) is 0 Å². The predicted molar refractivity (Wildman–Crippen MR) is 119 cm³/mol. The van der Waals surface area contributed by atoms with Crippen molar-refractivity contribution < 1.29 is 22.7 Å². The maximum atomic E-state index is 12.7. The molecule has 31 heavy (non-hydrogen) atoms. The molecule has 2 fully saturated rings. The summed E-state index contributed by atoms with van der Waals surface area (Å²) < 4.78 is 30.7. The molecule has 0 atom stereocenters. The third-order valence-electron chi connectivity index (χ3n) is 5.85. The molecule has 0 unspecified atom stereocenters. The van der Waals surface area contributed by atoms with Crippen molar-refractivity contribution in [2.24, 2.45) is 5.92 Å². The number of benzene rings is 1. The van der Waals surface area contributed by atoms with Crippen LogP contribution in [0, 0.1) is 5.92 Å². The zero-order valence-electron chi connectivity index (χ0n) is 18.2. The third-order valence-corrected chi connectivity index (χ3v) is 7.73. The highest BCUT2D eigenvalue weighted by atomic mass is 32.2. The fourth-order valence-electron chi connectivity index (χ4n) is 3.95. The van der Waals surface area contributed by atoms with Gasteiger partial charge in [0.15, 0.2) is 0 Å². The number of hydrogen-bond donors (Lipinski definition) is 1. The van der Waals surface area contributed by atoms with Gasteiger partial charge in [-0.3, -0.25) is 9.59 Å². The van der Waals surface area contributed by atoms with Crippen LogP contribution in [0.5, 0.6) is 0 Å². The smallest absolute Gasteiger partial charge is 0.243 e. The van der Waals surface area contributed by atoms with Crippen LogP contribution < -0.4 is 10.2 Å². The molecule has 0 aromatic heterocycles. The molecule has 2 aliphatic heterocycles. The van der Waals surface area contributed by atoms with E-state index in [0.717, 1.165) is 18.8 Å². The van der Waals surface area contributed by atoms with Crippen LogP contribution in [0.25, 0.3) is 0 Å². The maximum absolute atomic E-state index is 12.7. The highest BCUT2D eigenvalue weighted by molar-refractivity contribution is 7.89. The summed E-state index contributed by atoms with van der Waals surface area (Å²) in [6, 6.07) is 7.64. The lowest BCUT2D eigenvalue weighted by atomic mass is 9.96. The van der Waals surface area contributed by atoms with Crippen LogP contribution in [0.3, 0.4) is 0 Å². The van der Waals surface area contributed by atoms with Gasteiger partial charge in [0.1, 0.15) is 0 Å². The fourth-order valence-corrected chi connectivity index (χ4v) is 5.08. The Morgan fingerprint density at radius 3 is 2.29 bits per heavy atom. The number of nitrogens with zero attached hydrogens (tertiary/aromatic N) is 3. The number of carbonyl (C=O) groups is 2. The van der Waals surface area contributed by atoms with E-state index in [0.29, 0.717) is 44.8 Å². The third kappa shape index (κ3) is 6.18. The Labute approximate surface area is 184 Å². The molecule has 10 heteroatoms. The average molecular weight is 453 g/mol. The Bertz CT molecular complexity index is 860. The Kier molecular flexibility index (Phi) is 7.90. The summed E-state index contributed by atoms with van der Waals surface area (Å²) in [4.78, 5) is 28.8. The number of hydrogen-bond acceptors (Lipinski definition) is 6. The second kappa shape index (κ2) is 10.4. The summed E-state index contributed by atoms with van der Waals surface area (Å²) in [7, 11) is -1.61. The molecule has 0 spiro atoms. The lowest BCUT2D eigenvalue weighted by Gasteiger charge is -2.32. The summed E-state index contributed by atoms with van der Waals surface area (Å²) in [5.41, 5.74) is 1.77. The van der Waals surface area contributed by atoms with E-state index in [1.54, 1.807) is 14.0 Å². The average Bonchev–Trinajstić information content (AvgIpc) is 2.79. The molecule has 2 amide bonds. The molecule has 172 valence electrons. The summed E-state index contributed by atoms with van der Waals surface area (Å²) in [6.45, 7) is 5.40. The Morgan fingerprint density at radius 1 is 1.10 bits per heavy atom. The van der Waals surface area contributed by atoms with Crippen LogP contribution in [0.4, 0.5) is 11.4 Å². The summed E-state index contributed by atoms with van der Waals surface area (Å²) in [6.07, 6.45) is 0.958. The van der Waals surface area contributed by atoms with E-state index < -0.39 is 10.0 Å². The minimum absolute atomic E-state index is 0.0441. The lowest BCUT2D eigenvalue weighted by Crippen LogP contribution is -2.45. The molecule has 0 aliphatic carbocycles. The number of ether oxygens (including phenoxy) is 1. The second-order valence-corrected chi connectivity index (χ2v) is 10.2. The molecule has 9 nitrogen and oxygen atoms in total. The van der Waals surface area contributed by atoms with Gasteiger partial charge in [0.05, 0.1) is 25.5 Å². The van der Waals surface area contributed by atoms with Crippen molar-refractivity contribution in [3.63, 3.8) is 0 Å². The normalized spacial score (nSPS) is 18.6. The molecule has 0 bridgehead atoms. The monoisotopic (exact) mass is 452 g/mol. The van der Waals surface area contributed by atoms with Gasteiger partial charge in [0.25, 0.3) is 0 Å². The Morgan fingerprint density at radius 2 is 1.71 bits per heavy atom. The number of morpholine rings is 1. The number of carbonyl (C=O) groups excluding carboxylic acids is 2. The van der Waals surface area contributed by atoms with Crippen LogP contribution in [0.1, 0.15) is 19.8 Å². The number of likely N-dealkylation sites (N-methyl/N-ethyl adjacent to an activating group) is 1. The van der Waals surface area contributed by atoms with Crippen molar-refractivity contribution >= 4 is 33.2 Å². The van der Waals surface area contributed by atoms with E-state index in [-0.39, 0.29) is 30.0 Å². The molecule has 2 heterocycles. The lowest BCUT2D eigenvalue weighted by molar-refractivity contribution is -0.138. The van der Waals surface area contributed by atoms with Crippen molar-refractivity contribution in [3.8, 4) is 0 Å². The van der Waals surface area contributed by atoms with Crippen molar-refractivity contribution in [2.75, 3.05) is 69.0 Å². The van der Waals surface area contributed by atoms with E-state index in [9.17, 15) is 18.0 Å². The highest BCUT2D eigenvalue weighted by Gasteiger charge is 2.31. The van der Waals surface area contributed by atoms with Gasteiger partial charge in [-0.25, -0.2) is 12.7 Å². The number of amides is 2. The van der Waals surface area contributed by atoms with E-state index in [1.165, 1.54) is 9.21 Å². The number of anilines is 2. The second-order valence-electron chi connectivity index (χ2n) is 7.96. The number of piperidine rings is 1. The van der Waals surface area contributed by atoms with Crippen LogP contribution >= 0.6 is 0 Å². The van der Waals surface area contributed by atoms with Gasteiger partial charge in [-0.2, -0.15) is 0 Å². The number of nitrogens with one attached hydrogen (secondary N) is 1. The zero-order chi connectivity index (χ0) is 22.4. The van der Waals surface area contributed by atoms with Crippen molar-refractivity contribution in [3.05, 3.63) is 24.3 Å².